The van der Waals surface area contributed by atoms with E-state index in [2.05, 4.69) is 18.7 Å². The molecule has 0 heterocycles. The molecule has 0 aromatic rings. The van der Waals surface area contributed by atoms with Crippen LogP contribution in [0.4, 0.5) is 0 Å². The van der Waals surface area contributed by atoms with Gasteiger partial charge in [0.25, 0.3) is 0 Å². The molecule has 0 saturated heterocycles. The van der Waals surface area contributed by atoms with E-state index >= 15 is 0 Å². The van der Waals surface area contributed by atoms with E-state index < -0.39 is 0 Å². The largest absolute Gasteiger partial charge is 0.465 e. The van der Waals surface area contributed by atoms with Gasteiger partial charge in [-0.2, -0.15) is 0 Å². The lowest BCUT2D eigenvalue weighted by Gasteiger charge is -2.36. The van der Waals surface area contributed by atoms with Crippen LogP contribution in [0.15, 0.2) is 0 Å². The highest BCUT2D eigenvalue weighted by Gasteiger charge is 2.25. The number of hydrogen-bond acceptors (Lipinski definition) is 3. The first-order valence-electron chi connectivity index (χ1n) is 6.56. The minimum atomic E-state index is -0.0817. The Hall–Kier alpha value is -0.570. The molecule has 3 heteroatoms. The molecule has 0 bridgehead atoms. The second-order valence-electron chi connectivity index (χ2n) is 4.86. The van der Waals surface area contributed by atoms with Gasteiger partial charge in [0.15, 0.2) is 0 Å². The van der Waals surface area contributed by atoms with Gasteiger partial charge in [-0.25, -0.2) is 0 Å². The summed E-state index contributed by atoms with van der Waals surface area (Å²) in [6.07, 6.45) is 6.42. The Morgan fingerprint density at radius 2 is 1.94 bits per heavy atom. The van der Waals surface area contributed by atoms with Crippen molar-refractivity contribution in [2.75, 3.05) is 13.2 Å². The lowest BCUT2D eigenvalue weighted by atomic mass is 9.93. The van der Waals surface area contributed by atoms with Crippen LogP contribution < -0.4 is 0 Å². The summed E-state index contributed by atoms with van der Waals surface area (Å²) < 4.78 is 5.03. The van der Waals surface area contributed by atoms with Crippen LogP contribution in [0.25, 0.3) is 0 Å². The summed E-state index contributed by atoms with van der Waals surface area (Å²) in [7, 11) is 0. The predicted octanol–water partition coefficient (Wildman–Crippen LogP) is 2.59. The zero-order chi connectivity index (χ0) is 12.0. The van der Waals surface area contributed by atoms with E-state index in [0.29, 0.717) is 25.2 Å². The topological polar surface area (TPSA) is 29.5 Å². The van der Waals surface area contributed by atoms with Gasteiger partial charge in [-0.15, -0.1) is 0 Å². The van der Waals surface area contributed by atoms with Crippen LogP contribution >= 0.6 is 0 Å². The molecule has 0 atom stereocenters. The molecule has 0 unspecified atom stereocenters. The maximum atomic E-state index is 11.5. The summed E-state index contributed by atoms with van der Waals surface area (Å²) in [5, 5.41) is 0. The Kier molecular flexibility index (Phi) is 5.81. The summed E-state index contributed by atoms with van der Waals surface area (Å²) in [4.78, 5) is 13.8. The first kappa shape index (κ1) is 13.5. The van der Waals surface area contributed by atoms with Gasteiger partial charge in [0.2, 0.25) is 0 Å². The van der Waals surface area contributed by atoms with Crippen molar-refractivity contribution in [3.05, 3.63) is 0 Å². The summed E-state index contributed by atoms with van der Waals surface area (Å²) in [5.41, 5.74) is 0. The Balaban J connectivity index is 2.48. The maximum absolute atomic E-state index is 11.5. The van der Waals surface area contributed by atoms with Gasteiger partial charge < -0.3 is 4.74 Å². The van der Waals surface area contributed by atoms with Crippen LogP contribution in [0.3, 0.4) is 0 Å². The van der Waals surface area contributed by atoms with Crippen LogP contribution in [-0.2, 0) is 9.53 Å². The molecule has 0 aromatic carbocycles. The van der Waals surface area contributed by atoms with E-state index in [4.69, 9.17) is 4.74 Å². The zero-order valence-corrected chi connectivity index (χ0v) is 10.9. The quantitative estimate of drug-likeness (QED) is 0.676. The minimum absolute atomic E-state index is 0.0817. The van der Waals surface area contributed by atoms with Crippen molar-refractivity contribution in [2.24, 2.45) is 0 Å². The molecular weight excluding hydrogens is 202 g/mol. The Morgan fingerprint density at radius 1 is 1.31 bits per heavy atom. The fourth-order valence-corrected chi connectivity index (χ4v) is 2.50. The van der Waals surface area contributed by atoms with E-state index in [1.807, 2.05) is 6.92 Å². The first-order valence-corrected chi connectivity index (χ1v) is 6.56. The van der Waals surface area contributed by atoms with Crippen LogP contribution in [0.5, 0.6) is 0 Å². The second-order valence-corrected chi connectivity index (χ2v) is 4.86. The minimum Gasteiger partial charge on any atom is -0.465 e. The van der Waals surface area contributed by atoms with Crippen molar-refractivity contribution in [1.82, 2.24) is 4.90 Å². The molecule has 0 aliphatic heterocycles. The molecule has 0 amide bonds. The van der Waals surface area contributed by atoms with Gasteiger partial charge in [0.05, 0.1) is 13.2 Å². The number of carbonyl (C=O) groups excluding carboxylic acids is 1. The molecule has 16 heavy (non-hydrogen) atoms. The van der Waals surface area contributed by atoms with Crippen molar-refractivity contribution in [3.8, 4) is 0 Å². The standard InChI is InChI=1S/C13H25NO2/c1-4-16-13(15)10-14(11(2)3)12-8-6-5-7-9-12/h11-12H,4-10H2,1-3H3. The number of carbonyl (C=O) groups is 1. The van der Waals surface area contributed by atoms with E-state index in [-0.39, 0.29) is 5.97 Å². The average molecular weight is 227 g/mol. The molecule has 1 aliphatic rings. The molecule has 1 rings (SSSR count). The lowest BCUT2D eigenvalue weighted by Crippen LogP contribution is -2.44. The highest BCUT2D eigenvalue weighted by Crippen LogP contribution is 2.23. The molecule has 1 saturated carbocycles. The van der Waals surface area contributed by atoms with Crippen molar-refractivity contribution in [3.63, 3.8) is 0 Å². The van der Waals surface area contributed by atoms with E-state index in [9.17, 15) is 4.79 Å². The summed E-state index contributed by atoms with van der Waals surface area (Å²) >= 11 is 0. The summed E-state index contributed by atoms with van der Waals surface area (Å²) in [6.45, 7) is 7.12. The number of ether oxygens (including phenoxy) is 1. The van der Waals surface area contributed by atoms with Crippen molar-refractivity contribution in [1.29, 1.82) is 0 Å². The molecule has 1 aliphatic carbocycles. The maximum Gasteiger partial charge on any atom is 0.320 e. The van der Waals surface area contributed by atoms with Crippen molar-refractivity contribution in [2.45, 2.75) is 65.0 Å². The third kappa shape index (κ3) is 4.12. The van der Waals surface area contributed by atoms with E-state index in [1.165, 1.54) is 32.1 Å². The highest BCUT2D eigenvalue weighted by atomic mass is 16.5. The number of nitrogens with zero attached hydrogens (tertiary/aromatic N) is 1. The van der Waals surface area contributed by atoms with Crippen LogP contribution in [0, 0.1) is 0 Å². The third-order valence-corrected chi connectivity index (χ3v) is 3.32. The molecule has 3 nitrogen and oxygen atoms in total. The predicted molar refractivity (Wildman–Crippen MR) is 65.3 cm³/mol. The first-order chi connectivity index (χ1) is 7.65. The van der Waals surface area contributed by atoms with Gasteiger partial charge >= 0.3 is 5.97 Å². The number of hydrogen-bond donors (Lipinski definition) is 0. The molecule has 0 aromatic heterocycles. The summed E-state index contributed by atoms with van der Waals surface area (Å²) in [5.74, 6) is -0.0817. The van der Waals surface area contributed by atoms with Gasteiger partial charge in [-0.1, -0.05) is 19.3 Å². The fraction of sp³-hybridized carbons (Fsp3) is 0.923. The van der Waals surface area contributed by atoms with Crippen LogP contribution in [0.1, 0.15) is 52.9 Å². The SMILES string of the molecule is CCOC(=O)CN(C(C)C)C1CCCCC1. The molecule has 1 fully saturated rings. The molecule has 94 valence electrons. The summed E-state index contributed by atoms with van der Waals surface area (Å²) in [6, 6.07) is 1.01. The van der Waals surface area contributed by atoms with Crippen LogP contribution in [-0.4, -0.2) is 36.1 Å². The average Bonchev–Trinajstić information content (AvgIpc) is 2.27. The highest BCUT2D eigenvalue weighted by molar-refractivity contribution is 5.71. The smallest absolute Gasteiger partial charge is 0.320 e. The molecule has 0 radical (unpaired) electrons. The fourth-order valence-electron chi connectivity index (χ4n) is 2.50. The van der Waals surface area contributed by atoms with E-state index in [0.717, 1.165) is 0 Å². The third-order valence-electron chi connectivity index (χ3n) is 3.32. The van der Waals surface area contributed by atoms with Gasteiger partial charge in [-0.05, 0) is 33.6 Å². The normalized spacial score (nSPS) is 18.1. The Labute approximate surface area is 99.1 Å². The lowest BCUT2D eigenvalue weighted by molar-refractivity contribution is -0.145. The second kappa shape index (κ2) is 6.89. The Morgan fingerprint density at radius 3 is 2.44 bits per heavy atom. The Bertz CT molecular complexity index is 210. The van der Waals surface area contributed by atoms with Gasteiger partial charge in [0, 0.05) is 12.1 Å². The van der Waals surface area contributed by atoms with Crippen molar-refractivity contribution < 1.29 is 9.53 Å². The van der Waals surface area contributed by atoms with Gasteiger partial charge in [0.1, 0.15) is 0 Å². The molecule has 0 spiro atoms. The van der Waals surface area contributed by atoms with E-state index in [1.54, 1.807) is 0 Å². The van der Waals surface area contributed by atoms with Gasteiger partial charge in [-0.3, -0.25) is 9.69 Å². The molecule has 0 N–H and O–H groups in total. The van der Waals surface area contributed by atoms with Crippen LogP contribution in [0.2, 0.25) is 0 Å². The number of rotatable bonds is 5. The number of esters is 1. The zero-order valence-electron chi connectivity index (χ0n) is 10.9. The van der Waals surface area contributed by atoms with Crippen molar-refractivity contribution >= 4 is 5.97 Å². The monoisotopic (exact) mass is 227 g/mol. The molecular formula is C13H25NO2.